The number of hydrogen-bond acceptors (Lipinski definition) is 3. The van der Waals surface area contributed by atoms with Gasteiger partial charge in [0.05, 0.1) is 11.2 Å². The molecule has 0 unspecified atom stereocenters. The first-order chi connectivity index (χ1) is 9.17. The molecule has 102 valence electrons. The number of halogens is 1. The van der Waals surface area contributed by atoms with Crippen molar-refractivity contribution in [1.29, 1.82) is 0 Å². The quantitative estimate of drug-likeness (QED) is 0.781. The van der Waals surface area contributed by atoms with Crippen molar-refractivity contribution < 1.29 is 0 Å². The van der Waals surface area contributed by atoms with Gasteiger partial charge in [0.1, 0.15) is 0 Å². The number of rotatable bonds is 1. The van der Waals surface area contributed by atoms with Crippen molar-refractivity contribution in [3.05, 3.63) is 28.2 Å². The van der Waals surface area contributed by atoms with E-state index in [4.69, 9.17) is 4.99 Å². The molecular weight excluding hydrogens is 320 g/mol. The third-order valence-electron chi connectivity index (χ3n) is 3.97. The lowest BCUT2D eigenvalue weighted by molar-refractivity contribution is 0.335. The first-order valence-corrected chi connectivity index (χ1v) is 8.71. The Hall–Kier alpha value is -0.480. The standard InChI is InChI=1S/C15H19BrN2S/c1-11-5-6-13(12(16)9-11)17-14-18-15(10-19-14)7-3-2-4-8-15/h5-6,9H,2-4,7-8,10H2,1H3,(H,17,18). The summed E-state index contributed by atoms with van der Waals surface area (Å²) in [6.07, 6.45) is 6.59. The molecule has 0 amide bonds. The normalized spacial score (nSPS) is 21.5. The van der Waals surface area contributed by atoms with Crippen LogP contribution in [0.2, 0.25) is 0 Å². The van der Waals surface area contributed by atoms with Crippen molar-refractivity contribution in [2.24, 2.45) is 4.99 Å². The SMILES string of the molecule is Cc1ccc(NC2=NC3(CCCCC3)CS2)c(Br)c1. The molecule has 0 saturated heterocycles. The summed E-state index contributed by atoms with van der Waals surface area (Å²) < 4.78 is 1.11. The lowest BCUT2D eigenvalue weighted by Crippen LogP contribution is -2.29. The number of nitrogens with zero attached hydrogens (tertiary/aromatic N) is 1. The van der Waals surface area contributed by atoms with Gasteiger partial charge >= 0.3 is 0 Å². The number of aryl methyl sites for hydroxylation is 1. The fourth-order valence-electron chi connectivity index (χ4n) is 2.85. The van der Waals surface area contributed by atoms with Crippen molar-refractivity contribution in [2.75, 3.05) is 11.1 Å². The van der Waals surface area contributed by atoms with Crippen molar-refractivity contribution in [3.63, 3.8) is 0 Å². The topological polar surface area (TPSA) is 24.4 Å². The maximum absolute atomic E-state index is 4.99. The van der Waals surface area contributed by atoms with Crippen LogP contribution in [0.3, 0.4) is 0 Å². The molecule has 0 bridgehead atoms. The van der Waals surface area contributed by atoms with E-state index in [0.717, 1.165) is 21.1 Å². The van der Waals surface area contributed by atoms with Gasteiger partial charge < -0.3 is 5.32 Å². The fraction of sp³-hybridized carbons (Fsp3) is 0.533. The Balaban J connectivity index is 1.75. The van der Waals surface area contributed by atoms with Gasteiger partial charge in [0.15, 0.2) is 5.17 Å². The molecule has 1 spiro atoms. The molecule has 1 fully saturated rings. The average molecular weight is 339 g/mol. The van der Waals surface area contributed by atoms with Crippen LogP contribution < -0.4 is 5.32 Å². The Morgan fingerprint density at radius 3 is 2.79 bits per heavy atom. The van der Waals surface area contributed by atoms with E-state index < -0.39 is 0 Å². The van der Waals surface area contributed by atoms with Gasteiger partial charge in [0.25, 0.3) is 0 Å². The summed E-state index contributed by atoms with van der Waals surface area (Å²) in [6.45, 7) is 2.10. The van der Waals surface area contributed by atoms with Gasteiger partial charge in [-0.2, -0.15) is 0 Å². The highest BCUT2D eigenvalue weighted by Crippen LogP contribution is 2.40. The van der Waals surface area contributed by atoms with E-state index in [1.54, 1.807) is 0 Å². The van der Waals surface area contributed by atoms with Gasteiger partial charge in [-0.3, -0.25) is 4.99 Å². The zero-order valence-corrected chi connectivity index (χ0v) is 13.6. The molecule has 1 aliphatic heterocycles. The van der Waals surface area contributed by atoms with Crippen molar-refractivity contribution >= 4 is 38.5 Å². The van der Waals surface area contributed by atoms with Gasteiger partial charge in [0.2, 0.25) is 0 Å². The molecule has 4 heteroatoms. The molecule has 19 heavy (non-hydrogen) atoms. The molecule has 0 aromatic heterocycles. The number of thioether (sulfide) groups is 1. The number of aliphatic imine (C=N–C) groups is 1. The Bertz CT molecular complexity index is 507. The summed E-state index contributed by atoms with van der Waals surface area (Å²) >= 11 is 5.49. The van der Waals surface area contributed by atoms with Gasteiger partial charge in [-0.05, 0) is 53.4 Å². The lowest BCUT2D eigenvalue weighted by atomic mass is 9.84. The summed E-state index contributed by atoms with van der Waals surface area (Å²) in [6, 6.07) is 6.39. The van der Waals surface area contributed by atoms with E-state index in [2.05, 4.69) is 46.4 Å². The summed E-state index contributed by atoms with van der Waals surface area (Å²) in [7, 11) is 0. The fourth-order valence-corrected chi connectivity index (χ4v) is 4.64. The van der Waals surface area contributed by atoms with Crippen LogP contribution in [-0.2, 0) is 0 Å². The van der Waals surface area contributed by atoms with Crippen LogP contribution in [0.5, 0.6) is 0 Å². The largest absolute Gasteiger partial charge is 0.334 e. The Kier molecular flexibility index (Phi) is 3.90. The molecule has 2 aliphatic rings. The molecule has 0 radical (unpaired) electrons. The van der Waals surface area contributed by atoms with Gasteiger partial charge in [0, 0.05) is 10.2 Å². The second-order valence-electron chi connectivity index (χ2n) is 5.60. The van der Waals surface area contributed by atoms with E-state index in [-0.39, 0.29) is 5.54 Å². The van der Waals surface area contributed by atoms with Gasteiger partial charge in [-0.15, -0.1) is 0 Å². The van der Waals surface area contributed by atoms with Crippen LogP contribution in [-0.4, -0.2) is 16.5 Å². The highest BCUT2D eigenvalue weighted by molar-refractivity contribution is 9.10. The van der Waals surface area contributed by atoms with E-state index in [1.165, 1.54) is 37.7 Å². The minimum Gasteiger partial charge on any atom is -0.334 e. The number of hydrogen-bond donors (Lipinski definition) is 1. The molecule has 2 nitrogen and oxygen atoms in total. The molecule has 1 aromatic rings. The maximum atomic E-state index is 4.99. The Morgan fingerprint density at radius 2 is 2.05 bits per heavy atom. The van der Waals surface area contributed by atoms with E-state index in [9.17, 15) is 0 Å². The molecule has 1 N–H and O–H groups in total. The van der Waals surface area contributed by atoms with Crippen LogP contribution in [0.15, 0.2) is 27.7 Å². The molecule has 3 rings (SSSR count). The van der Waals surface area contributed by atoms with Gasteiger partial charge in [-0.1, -0.05) is 37.1 Å². The molecule has 0 atom stereocenters. The number of benzene rings is 1. The van der Waals surface area contributed by atoms with Crippen LogP contribution in [0.25, 0.3) is 0 Å². The van der Waals surface area contributed by atoms with Crippen LogP contribution in [0, 0.1) is 6.92 Å². The van der Waals surface area contributed by atoms with Crippen LogP contribution in [0.1, 0.15) is 37.7 Å². The second-order valence-corrected chi connectivity index (χ2v) is 7.42. The van der Waals surface area contributed by atoms with Crippen molar-refractivity contribution in [3.8, 4) is 0 Å². The van der Waals surface area contributed by atoms with E-state index in [0.29, 0.717) is 0 Å². The zero-order chi connectivity index (χ0) is 13.3. The smallest absolute Gasteiger partial charge is 0.161 e. The molecule has 1 aromatic carbocycles. The first kappa shape index (κ1) is 13.5. The minimum atomic E-state index is 0.239. The minimum absolute atomic E-state index is 0.239. The first-order valence-electron chi connectivity index (χ1n) is 6.93. The third kappa shape index (κ3) is 3.00. The van der Waals surface area contributed by atoms with Crippen LogP contribution in [0.4, 0.5) is 5.69 Å². The van der Waals surface area contributed by atoms with Crippen LogP contribution >= 0.6 is 27.7 Å². The van der Waals surface area contributed by atoms with Crippen molar-refractivity contribution in [2.45, 2.75) is 44.6 Å². The highest BCUT2D eigenvalue weighted by Gasteiger charge is 2.36. The number of nitrogens with one attached hydrogen (secondary N) is 1. The molecule has 1 aliphatic carbocycles. The predicted molar refractivity (Wildman–Crippen MR) is 88.2 cm³/mol. The highest BCUT2D eigenvalue weighted by atomic mass is 79.9. The third-order valence-corrected chi connectivity index (χ3v) is 5.77. The summed E-state index contributed by atoms with van der Waals surface area (Å²) in [5.74, 6) is 1.15. The number of amidine groups is 1. The maximum Gasteiger partial charge on any atom is 0.161 e. The van der Waals surface area contributed by atoms with E-state index >= 15 is 0 Å². The summed E-state index contributed by atoms with van der Waals surface area (Å²) in [4.78, 5) is 4.99. The molecular formula is C15H19BrN2S. The zero-order valence-electron chi connectivity index (χ0n) is 11.2. The second kappa shape index (κ2) is 5.49. The lowest BCUT2D eigenvalue weighted by Gasteiger charge is -2.29. The molecule has 1 saturated carbocycles. The van der Waals surface area contributed by atoms with Crippen molar-refractivity contribution in [1.82, 2.24) is 0 Å². The average Bonchev–Trinajstić information content (AvgIpc) is 2.77. The van der Waals surface area contributed by atoms with Gasteiger partial charge in [-0.25, -0.2) is 0 Å². The Labute approximate surface area is 127 Å². The predicted octanol–water partition coefficient (Wildman–Crippen LogP) is 4.98. The number of anilines is 1. The monoisotopic (exact) mass is 338 g/mol. The summed E-state index contributed by atoms with van der Waals surface area (Å²) in [5.41, 5.74) is 2.62. The van der Waals surface area contributed by atoms with E-state index in [1.807, 2.05) is 11.8 Å². The molecule has 1 heterocycles. The Morgan fingerprint density at radius 1 is 1.26 bits per heavy atom. The summed E-state index contributed by atoms with van der Waals surface area (Å²) in [5, 5.41) is 4.56.